The molecule has 1 fully saturated rings. The zero-order valence-corrected chi connectivity index (χ0v) is 17.4. The van der Waals surface area contributed by atoms with Crippen molar-refractivity contribution < 1.29 is 14.4 Å². The third-order valence-electron chi connectivity index (χ3n) is 5.57. The number of carbonyl (C=O) groups is 3. The normalized spacial score (nSPS) is 20.5. The van der Waals surface area contributed by atoms with Gasteiger partial charge in [-0.3, -0.25) is 14.5 Å². The first-order valence-corrected chi connectivity index (χ1v) is 10.8. The molecule has 2 atom stereocenters. The molecule has 0 bridgehead atoms. The fourth-order valence-corrected chi connectivity index (χ4v) is 5.36. The molecule has 1 aliphatic heterocycles. The van der Waals surface area contributed by atoms with E-state index in [0.717, 1.165) is 40.2 Å². The minimum atomic E-state index is -0.682. The summed E-state index contributed by atoms with van der Waals surface area (Å²) in [6.45, 7) is 1.80. The van der Waals surface area contributed by atoms with E-state index >= 15 is 0 Å². The summed E-state index contributed by atoms with van der Waals surface area (Å²) < 4.78 is 0. The second-order valence-corrected chi connectivity index (χ2v) is 8.94. The zero-order valence-electron chi connectivity index (χ0n) is 16.6. The van der Waals surface area contributed by atoms with Crippen molar-refractivity contribution >= 4 is 34.2 Å². The van der Waals surface area contributed by atoms with Crippen molar-refractivity contribution in [3.63, 3.8) is 0 Å². The number of hydrogen-bond donors (Lipinski definition) is 2. The first kappa shape index (κ1) is 20.1. The van der Waals surface area contributed by atoms with Crippen molar-refractivity contribution in [1.82, 2.24) is 10.2 Å². The standard InChI is InChI=1S/C22H22N4O3S/c1-13-7-8-15-16(11-23)20(30-18(15)9-13)25-19(27)12-26-21(28)17(24-22(26)29)10-14-5-3-2-4-6-14/h2-6,13,17H,7-10,12H2,1H3,(H,24,29)(H,25,27)/t13-,17-/m1/s1. The molecule has 7 nitrogen and oxygen atoms in total. The summed E-state index contributed by atoms with van der Waals surface area (Å²) in [6.07, 6.45) is 3.13. The summed E-state index contributed by atoms with van der Waals surface area (Å²) in [5.41, 5.74) is 2.46. The van der Waals surface area contributed by atoms with Gasteiger partial charge in [-0.25, -0.2) is 4.79 Å². The number of anilines is 1. The Hall–Kier alpha value is -3.18. The van der Waals surface area contributed by atoms with Gasteiger partial charge in [0.15, 0.2) is 0 Å². The van der Waals surface area contributed by atoms with Crippen molar-refractivity contribution in [1.29, 1.82) is 5.26 Å². The molecule has 4 amide bonds. The van der Waals surface area contributed by atoms with Gasteiger partial charge in [0.25, 0.3) is 5.91 Å². The van der Waals surface area contributed by atoms with Crippen LogP contribution in [0.25, 0.3) is 0 Å². The van der Waals surface area contributed by atoms with Crippen LogP contribution in [0.4, 0.5) is 9.80 Å². The Balaban J connectivity index is 1.43. The van der Waals surface area contributed by atoms with E-state index in [1.807, 2.05) is 30.3 Å². The Morgan fingerprint density at radius 1 is 1.33 bits per heavy atom. The summed E-state index contributed by atoms with van der Waals surface area (Å²) in [7, 11) is 0. The molecule has 4 rings (SSSR count). The van der Waals surface area contributed by atoms with Crippen LogP contribution in [0.2, 0.25) is 0 Å². The van der Waals surface area contributed by atoms with E-state index in [4.69, 9.17) is 0 Å². The lowest BCUT2D eigenvalue weighted by atomic mass is 9.89. The van der Waals surface area contributed by atoms with Gasteiger partial charge in [-0.15, -0.1) is 11.3 Å². The Morgan fingerprint density at radius 3 is 2.83 bits per heavy atom. The van der Waals surface area contributed by atoms with Gasteiger partial charge < -0.3 is 10.6 Å². The molecule has 154 valence electrons. The number of carbonyl (C=O) groups excluding carboxylic acids is 3. The Morgan fingerprint density at radius 2 is 2.10 bits per heavy atom. The highest BCUT2D eigenvalue weighted by Gasteiger charge is 2.39. The van der Waals surface area contributed by atoms with E-state index in [2.05, 4.69) is 23.6 Å². The average Bonchev–Trinajstić information content (AvgIpc) is 3.19. The van der Waals surface area contributed by atoms with Crippen LogP contribution < -0.4 is 10.6 Å². The number of rotatable bonds is 5. The molecule has 2 heterocycles. The first-order valence-electron chi connectivity index (χ1n) is 9.96. The van der Waals surface area contributed by atoms with Gasteiger partial charge >= 0.3 is 6.03 Å². The topological polar surface area (TPSA) is 102 Å². The summed E-state index contributed by atoms with van der Waals surface area (Å²) in [5.74, 6) is -0.348. The van der Waals surface area contributed by atoms with Gasteiger partial charge in [0, 0.05) is 11.3 Å². The lowest BCUT2D eigenvalue weighted by Gasteiger charge is -2.17. The minimum Gasteiger partial charge on any atom is -0.325 e. The molecule has 0 spiro atoms. The first-order chi connectivity index (χ1) is 14.5. The van der Waals surface area contributed by atoms with Crippen LogP contribution >= 0.6 is 11.3 Å². The molecule has 0 unspecified atom stereocenters. The number of hydrogen-bond acceptors (Lipinski definition) is 5. The van der Waals surface area contributed by atoms with Gasteiger partial charge in [0.2, 0.25) is 5.91 Å². The molecule has 0 saturated carbocycles. The van der Waals surface area contributed by atoms with Crippen molar-refractivity contribution in [3.05, 3.63) is 51.9 Å². The predicted molar refractivity (Wildman–Crippen MR) is 113 cm³/mol. The number of nitrogens with zero attached hydrogens (tertiary/aromatic N) is 2. The summed E-state index contributed by atoms with van der Waals surface area (Å²) in [4.78, 5) is 39.5. The quantitative estimate of drug-likeness (QED) is 0.723. The second kappa shape index (κ2) is 8.28. The van der Waals surface area contributed by atoms with Crippen molar-refractivity contribution in [3.8, 4) is 6.07 Å². The van der Waals surface area contributed by atoms with Crippen LogP contribution in [0, 0.1) is 17.2 Å². The van der Waals surface area contributed by atoms with Gasteiger partial charge in [-0.2, -0.15) is 5.26 Å². The van der Waals surface area contributed by atoms with Crippen molar-refractivity contribution in [2.75, 3.05) is 11.9 Å². The molecular formula is C22H22N4O3S. The van der Waals surface area contributed by atoms with Crippen LogP contribution in [0.15, 0.2) is 30.3 Å². The molecule has 0 radical (unpaired) electrons. The van der Waals surface area contributed by atoms with Crippen LogP contribution in [0.1, 0.15) is 34.9 Å². The number of urea groups is 1. The minimum absolute atomic E-state index is 0.373. The van der Waals surface area contributed by atoms with Crippen LogP contribution in [-0.2, 0) is 28.9 Å². The maximum atomic E-state index is 12.6. The largest absolute Gasteiger partial charge is 0.325 e. The Labute approximate surface area is 178 Å². The highest BCUT2D eigenvalue weighted by atomic mass is 32.1. The van der Waals surface area contributed by atoms with E-state index in [1.54, 1.807) is 0 Å². The second-order valence-electron chi connectivity index (χ2n) is 7.83. The van der Waals surface area contributed by atoms with E-state index < -0.39 is 23.9 Å². The molecule has 2 N–H and O–H groups in total. The molecule has 2 aliphatic rings. The highest BCUT2D eigenvalue weighted by Crippen LogP contribution is 2.39. The number of thiophene rings is 1. The van der Waals surface area contributed by atoms with Gasteiger partial charge in [0.05, 0.1) is 5.56 Å². The van der Waals surface area contributed by atoms with E-state index in [0.29, 0.717) is 22.9 Å². The number of fused-ring (bicyclic) bond motifs is 1. The van der Waals surface area contributed by atoms with Crippen molar-refractivity contribution in [2.45, 2.75) is 38.6 Å². The molecule has 2 aromatic rings. The highest BCUT2D eigenvalue weighted by molar-refractivity contribution is 7.16. The van der Waals surface area contributed by atoms with E-state index in [9.17, 15) is 19.6 Å². The van der Waals surface area contributed by atoms with Crippen molar-refractivity contribution in [2.24, 2.45) is 5.92 Å². The lowest BCUT2D eigenvalue weighted by molar-refractivity contribution is -0.130. The number of nitriles is 1. The molecule has 1 aliphatic carbocycles. The maximum absolute atomic E-state index is 12.6. The van der Waals surface area contributed by atoms with E-state index in [1.165, 1.54) is 11.3 Å². The average molecular weight is 423 g/mol. The number of imide groups is 1. The Bertz CT molecular complexity index is 1040. The number of benzene rings is 1. The fraction of sp³-hybridized carbons (Fsp3) is 0.364. The molecule has 30 heavy (non-hydrogen) atoms. The van der Waals surface area contributed by atoms with Crippen LogP contribution in [-0.4, -0.2) is 35.3 Å². The van der Waals surface area contributed by atoms with Gasteiger partial charge in [0.1, 0.15) is 23.7 Å². The number of amides is 4. The molecule has 8 heteroatoms. The zero-order chi connectivity index (χ0) is 21.3. The third kappa shape index (κ3) is 3.94. The van der Waals surface area contributed by atoms with E-state index in [-0.39, 0.29) is 6.54 Å². The monoisotopic (exact) mass is 422 g/mol. The maximum Gasteiger partial charge on any atom is 0.325 e. The van der Waals surface area contributed by atoms with Crippen LogP contribution in [0.5, 0.6) is 0 Å². The summed E-state index contributed by atoms with van der Waals surface area (Å²) in [5, 5.41) is 15.5. The Kier molecular flexibility index (Phi) is 5.55. The summed E-state index contributed by atoms with van der Waals surface area (Å²) in [6, 6.07) is 10.3. The lowest BCUT2D eigenvalue weighted by Crippen LogP contribution is -2.38. The number of nitrogens with one attached hydrogen (secondary N) is 2. The van der Waals surface area contributed by atoms with Gasteiger partial charge in [-0.1, -0.05) is 37.3 Å². The predicted octanol–water partition coefficient (Wildman–Crippen LogP) is 2.85. The summed E-state index contributed by atoms with van der Waals surface area (Å²) >= 11 is 1.42. The van der Waals surface area contributed by atoms with Gasteiger partial charge in [-0.05, 0) is 36.3 Å². The molecule has 1 aromatic heterocycles. The molecular weight excluding hydrogens is 400 g/mol. The fourth-order valence-electron chi connectivity index (χ4n) is 3.98. The SMILES string of the molecule is C[C@@H]1CCc2c(sc(NC(=O)CN3C(=O)N[C@H](Cc4ccccc4)C3=O)c2C#N)C1. The third-order valence-corrected chi connectivity index (χ3v) is 6.74. The smallest absolute Gasteiger partial charge is 0.325 e. The van der Waals surface area contributed by atoms with Crippen LogP contribution in [0.3, 0.4) is 0 Å². The molecule has 1 saturated heterocycles. The molecule has 1 aromatic carbocycles.